The van der Waals surface area contributed by atoms with E-state index < -0.39 is 11.7 Å². The van der Waals surface area contributed by atoms with Gasteiger partial charge < -0.3 is 0 Å². The minimum absolute atomic E-state index is 0.0277. The SMILES string of the molecule is N#Cc1c(Cl)ccc(C(F)(F)F)c1CBr. The van der Waals surface area contributed by atoms with E-state index in [1.807, 2.05) is 0 Å². The molecule has 0 saturated carbocycles. The molecule has 0 aliphatic carbocycles. The number of hydrogen-bond acceptors (Lipinski definition) is 1. The van der Waals surface area contributed by atoms with Crippen LogP contribution in [0.1, 0.15) is 16.7 Å². The topological polar surface area (TPSA) is 23.8 Å². The zero-order chi connectivity index (χ0) is 11.6. The molecule has 0 spiro atoms. The van der Waals surface area contributed by atoms with Crippen LogP contribution >= 0.6 is 27.5 Å². The third kappa shape index (κ3) is 2.44. The Morgan fingerprint density at radius 3 is 2.40 bits per heavy atom. The van der Waals surface area contributed by atoms with Crippen LogP contribution in [-0.2, 0) is 11.5 Å². The molecule has 0 heterocycles. The minimum atomic E-state index is -4.47. The first-order chi connectivity index (χ1) is 6.91. The highest BCUT2D eigenvalue weighted by molar-refractivity contribution is 9.08. The Bertz CT molecular complexity index is 423. The number of halogens is 5. The van der Waals surface area contributed by atoms with Crippen molar-refractivity contribution in [1.29, 1.82) is 5.26 Å². The molecule has 15 heavy (non-hydrogen) atoms. The second-order valence-corrected chi connectivity index (χ2v) is 3.66. The van der Waals surface area contributed by atoms with Crippen LogP contribution < -0.4 is 0 Å². The lowest BCUT2D eigenvalue weighted by atomic mass is 10.0. The third-order valence-electron chi connectivity index (χ3n) is 1.81. The molecule has 0 bridgehead atoms. The van der Waals surface area contributed by atoms with E-state index in [4.69, 9.17) is 16.9 Å². The van der Waals surface area contributed by atoms with Gasteiger partial charge in [-0.15, -0.1) is 0 Å². The van der Waals surface area contributed by atoms with E-state index in [1.165, 1.54) is 0 Å². The Kier molecular flexibility index (Phi) is 3.63. The van der Waals surface area contributed by atoms with Crippen molar-refractivity contribution in [3.05, 3.63) is 33.8 Å². The highest BCUT2D eigenvalue weighted by Crippen LogP contribution is 2.36. The summed E-state index contributed by atoms with van der Waals surface area (Å²) in [5.74, 6) is 0. The van der Waals surface area contributed by atoms with Crippen LogP contribution in [0.3, 0.4) is 0 Å². The van der Waals surface area contributed by atoms with Crippen molar-refractivity contribution in [2.45, 2.75) is 11.5 Å². The maximum Gasteiger partial charge on any atom is 0.416 e. The Balaban J connectivity index is 3.51. The monoisotopic (exact) mass is 297 g/mol. The number of benzene rings is 1. The van der Waals surface area contributed by atoms with Crippen molar-refractivity contribution in [2.75, 3.05) is 0 Å². The van der Waals surface area contributed by atoms with Crippen LogP contribution in [0, 0.1) is 11.3 Å². The van der Waals surface area contributed by atoms with Gasteiger partial charge >= 0.3 is 6.18 Å². The van der Waals surface area contributed by atoms with Gasteiger partial charge in [-0.1, -0.05) is 27.5 Å². The standard InChI is InChI=1S/C9H4BrClF3N/c10-3-5-6(4-15)8(11)2-1-7(5)9(12,13)14/h1-2H,3H2. The van der Waals surface area contributed by atoms with Gasteiger partial charge in [-0.2, -0.15) is 18.4 Å². The van der Waals surface area contributed by atoms with Crippen molar-refractivity contribution < 1.29 is 13.2 Å². The molecule has 1 nitrogen and oxygen atoms in total. The predicted octanol–water partition coefficient (Wildman–Crippen LogP) is 4.13. The molecule has 0 amide bonds. The fraction of sp³-hybridized carbons (Fsp3) is 0.222. The summed E-state index contributed by atoms with van der Waals surface area (Å²) < 4.78 is 37.5. The molecule has 0 fully saturated rings. The van der Waals surface area contributed by atoms with Crippen LogP contribution in [0.4, 0.5) is 13.2 Å². The quantitative estimate of drug-likeness (QED) is 0.715. The Labute approximate surface area is 97.6 Å². The van der Waals surface area contributed by atoms with Crippen LogP contribution in [0.5, 0.6) is 0 Å². The van der Waals surface area contributed by atoms with Crippen molar-refractivity contribution in [3.63, 3.8) is 0 Å². The van der Waals surface area contributed by atoms with E-state index in [-0.39, 0.29) is 21.5 Å². The molecule has 0 aliphatic rings. The first-order valence-corrected chi connectivity index (χ1v) is 5.26. The van der Waals surface area contributed by atoms with Gasteiger partial charge in [-0.3, -0.25) is 0 Å². The molecule has 1 aromatic carbocycles. The molecule has 1 rings (SSSR count). The van der Waals surface area contributed by atoms with Crippen LogP contribution in [-0.4, -0.2) is 0 Å². The van der Waals surface area contributed by atoms with Gasteiger partial charge in [0.2, 0.25) is 0 Å². The van der Waals surface area contributed by atoms with Crippen LogP contribution in [0.15, 0.2) is 12.1 Å². The smallest absolute Gasteiger partial charge is 0.192 e. The van der Waals surface area contributed by atoms with Crippen molar-refractivity contribution in [3.8, 4) is 6.07 Å². The number of rotatable bonds is 1. The second kappa shape index (κ2) is 4.42. The number of nitrogens with zero attached hydrogens (tertiary/aromatic N) is 1. The zero-order valence-corrected chi connectivity index (χ0v) is 9.54. The molecule has 0 atom stereocenters. The van der Waals surface area contributed by atoms with Crippen LogP contribution in [0.25, 0.3) is 0 Å². The van der Waals surface area contributed by atoms with Crippen molar-refractivity contribution in [2.24, 2.45) is 0 Å². The minimum Gasteiger partial charge on any atom is -0.192 e. The Morgan fingerprint density at radius 2 is 2.00 bits per heavy atom. The molecular weight excluding hydrogens is 294 g/mol. The van der Waals surface area contributed by atoms with Gasteiger partial charge in [0.1, 0.15) is 6.07 Å². The lowest BCUT2D eigenvalue weighted by Crippen LogP contribution is -2.10. The first kappa shape index (κ1) is 12.3. The Morgan fingerprint density at radius 1 is 1.40 bits per heavy atom. The van der Waals surface area contributed by atoms with E-state index in [1.54, 1.807) is 6.07 Å². The van der Waals surface area contributed by atoms with Gasteiger partial charge in [-0.25, -0.2) is 0 Å². The normalized spacial score (nSPS) is 11.2. The van der Waals surface area contributed by atoms with E-state index in [0.29, 0.717) is 0 Å². The molecule has 1 aromatic rings. The molecular formula is C9H4BrClF3N. The van der Waals surface area contributed by atoms with E-state index in [2.05, 4.69) is 15.9 Å². The average molecular weight is 298 g/mol. The van der Waals surface area contributed by atoms with Crippen molar-refractivity contribution in [1.82, 2.24) is 0 Å². The van der Waals surface area contributed by atoms with Gasteiger partial charge in [-0.05, 0) is 17.7 Å². The van der Waals surface area contributed by atoms with Gasteiger partial charge in [0.15, 0.2) is 0 Å². The molecule has 0 aliphatic heterocycles. The predicted molar refractivity (Wildman–Crippen MR) is 53.8 cm³/mol. The summed E-state index contributed by atoms with van der Waals surface area (Å²) in [5, 5.41) is 8.66. The maximum absolute atomic E-state index is 12.5. The number of alkyl halides is 4. The third-order valence-corrected chi connectivity index (χ3v) is 2.69. The lowest BCUT2D eigenvalue weighted by molar-refractivity contribution is -0.138. The highest BCUT2D eigenvalue weighted by Gasteiger charge is 2.34. The zero-order valence-electron chi connectivity index (χ0n) is 7.20. The molecule has 6 heteroatoms. The number of nitriles is 1. The summed E-state index contributed by atoms with van der Waals surface area (Å²) in [6.45, 7) is 0. The van der Waals surface area contributed by atoms with Gasteiger partial charge in [0.25, 0.3) is 0 Å². The molecule has 0 radical (unpaired) electrons. The lowest BCUT2D eigenvalue weighted by Gasteiger charge is -2.12. The molecule has 80 valence electrons. The number of hydrogen-bond donors (Lipinski definition) is 0. The van der Waals surface area contributed by atoms with Crippen LogP contribution in [0.2, 0.25) is 5.02 Å². The van der Waals surface area contributed by atoms with Gasteiger partial charge in [0.05, 0.1) is 16.1 Å². The summed E-state index contributed by atoms with van der Waals surface area (Å²) in [6, 6.07) is 3.62. The van der Waals surface area contributed by atoms with Crippen molar-refractivity contribution >= 4 is 27.5 Å². The average Bonchev–Trinajstić information content (AvgIpc) is 2.15. The summed E-state index contributed by atoms with van der Waals surface area (Å²) >= 11 is 8.54. The fourth-order valence-electron chi connectivity index (χ4n) is 1.14. The van der Waals surface area contributed by atoms with Gasteiger partial charge in [0, 0.05) is 5.33 Å². The molecule has 0 N–H and O–H groups in total. The highest BCUT2D eigenvalue weighted by atomic mass is 79.9. The molecule has 0 saturated heterocycles. The Hall–Kier alpha value is -0.730. The van der Waals surface area contributed by atoms with E-state index in [0.717, 1.165) is 12.1 Å². The summed E-state index contributed by atoms with van der Waals surface area (Å²) in [4.78, 5) is 0. The fourth-order valence-corrected chi connectivity index (χ4v) is 1.95. The maximum atomic E-state index is 12.5. The largest absolute Gasteiger partial charge is 0.416 e. The second-order valence-electron chi connectivity index (χ2n) is 2.69. The summed E-state index contributed by atoms with van der Waals surface area (Å²) in [5.41, 5.74) is -1.10. The molecule has 0 aromatic heterocycles. The summed E-state index contributed by atoms with van der Waals surface area (Å²) in [6.07, 6.45) is -4.47. The van der Waals surface area contributed by atoms with E-state index in [9.17, 15) is 13.2 Å². The summed E-state index contributed by atoms with van der Waals surface area (Å²) in [7, 11) is 0. The van der Waals surface area contributed by atoms with E-state index >= 15 is 0 Å². The first-order valence-electron chi connectivity index (χ1n) is 3.76. The molecule has 0 unspecified atom stereocenters.